The first-order chi connectivity index (χ1) is 14.7. The Labute approximate surface area is 175 Å². The van der Waals surface area contributed by atoms with Crippen LogP contribution in [0.25, 0.3) is 22.5 Å². The Morgan fingerprint density at radius 3 is 2.47 bits per heavy atom. The van der Waals surface area contributed by atoms with Crippen molar-refractivity contribution in [2.24, 2.45) is 5.73 Å². The molecule has 1 unspecified atom stereocenters. The van der Waals surface area contributed by atoms with E-state index in [4.69, 9.17) is 5.73 Å². The molecule has 8 nitrogen and oxygen atoms in total. The van der Waals surface area contributed by atoms with Gasteiger partial charge in [-0.25, -0.2) is 9.67 Å². The Kier molecular flexibility index (Phi) is 5.94. The molecule has 8 heteroatoms. The van der Waals surface area contributed by atoms with Gasteiger partial charge in [0.1, 0.15) is 5.82 Å². The molecule has 0 spiro atoms. The van der Waals surface area contributed by atoms with Crippen molar-refractivity contribution in [3.05, 3.63) is 65.7 Å². The zero-order chi connectivity index (χ0) is 20.9. The topological polar surface area (TPSA) is 111 Å². The predicted octanol–water partition coefficient (Wildman–Crippen LogP) is 3.54. The first-order valence-electron chi connectivity index (χ1n) is 10.3. The number of hydrogen-bond acceptors (Lipinski definition) is 6. The van der Waals surface area contributed by atoms with E-state index < -0.39 is 0 Å². The zero-order valence-corrected chi connectivity index (χ0v) is 17.3. The average Bonchev–Trinajstić information content (AvgIpc) is 3.45. The molecule has 154 valence electrons. The maximum absolute atomic E-state index is 6.15. The van der Waals surface area contributed by atoms with Crippen LogP contribution in [-0.2, 0) is 13.0 Å². The number of nitrogens with zero attached hydrogens (tertiary/aromatic N) is 6. The van der Waals surface area contributed by atoms with Crippen molar-refractivity contribution in [1.29, 1.82) is 0 Å². The fourth-order valence-electron chi connectivity index (χ4n) is 3.44. The molecule has 0 radical (unpaired) electrons. The Morgan fingerprint density at radius 2 is 1.80 bits per heavy atom. The molecule has 0 saturated carbocycles. The summed E-state index contributed by atoms with van der Waals surface area (Å²) in [6, 6.07) is 16.4. The molecule has 0 aliphatic rings. The van der Waals surface area contributed by atoms with Crippen molar-refractivity contribution in [3.63, 3.8) is 0 Å². The molecule has 2 heterocycles. The lowest BCUT2D eigenvalue weighted by Gasteiger charge is -2.09. The molecule has 0 amide bonds. The van der Waals surface area contributed by atoms with Gasteiger partial charge in [-0.3, -0.25) is 0 Å². The third kappa shape index (κ3) is 4.13. The highest BCUT2D eigenvalue weighted by molar-refractivity contribution is 5.80. The van der Waals surface area contributed by atoms with E-state index in [1.807, 2.05) is 22.9 Å². The Bertz CT molecular complexity index is 1080. The van der Waals surface area contributed by atoms with Crippen LogP contribution in [0.5, 0.6) is 0 Å². The molecule has 0 aliphatic heterocycles. The van der Waals surface area contributed by atoms with E-state index in [9.17, 15) is 0 Å². The van der Waals surface area contributed by atoms with E-state index >= 15 is 0 Å². The lowest BCUT2D eigenvalue weighted by molar-refractivity contribution is 0.600. The number of tetrazole rings is 1. The van der Waals surface area contributed by atoms with Gasteiger partial charge in [0.2, 0.25) is 5.82 Å². The van der Waals surface area contributed by atoms with Crippen molar-refractivity contribution in [1.82, 2.24) is 35.4 Å². The van der Waals surface area contributed by atoms with Crippen LogP contribution in [0.15, 0.2) is 48.5 Å². The highest BCUT2D eigenvalue weighted by Crippen LogP contribution is 2.29. The van der Waals surface area contributed by atoms with E-state index in [-0.39, 0.29) is 6.04 Å². The summed E-state index contributed by atoms with van der Waals surface area (Å²) >= 11 is 0. The van der Waals surface area contributed by atoms with Gasteiger partial charge in [-0.2, -0.15) is 10.3 Å². The van der Waals surface area contributed by atoms with Gasteiger partial charge in [-0.15, -0.1) is 10.2 Å². The highest BCUT2D eigenvalue weighted by atomic mass is 15.5. The normalized spacial score (nSPS) is 12.2. The van der Waals surface area contributed by atoms with Crippen LogP contribution in [-0.4, -0.2) is 35.4 Å². The average molecular weight is 403 g/mol. The quantitative estimate of drug-likeness (QED) is 0.466. The molecule has 2 aromatic heterocycles. The minimum atomic E-state index is -0.120. The monoisotopic (exact) mass is 402 g/mol. The van der Waals surface area contributed by atoms with E-state index in [0.29, 0.717) is 12.4 Å². The fourth-order valence-corrected chi connectivity index (χ4v) is 3.44. The summed E-state index contributed by atoms with van der Waals surface area (Å²) < 4.78 is 1.98. The number of nitrogens with one attached hydrogen (secondary N) is 1. The number of benzene rings is 2. The maximum Gasteiger partial charge on any atom is 0.205 e. The van der Waals surface area contributed by atoms with Gasteiger partial charge in [0.15, 0.2) is 5.82 Å². The minimum Gasteiger partial charge on any atom is -0.321 e. The Morgan fingerprint density at radius 1 is 1.03 bits per heavy atom. The van der Waals surface area contributed by atoms with E-state index in [1.165, 1.54) is 0 Å². The number of aromatic nitrogens is 7. The maximum atomic E-state index is 6.15. The number of aromatic amines is 1. The van der Waals surface area contributed by atoms with Gasteiger partial charge in [0, 0.05) is 12.0 Å². The lowest BCUT2D eigenvalue weighted by Crippen LogP contribution is -2.11. The number of aryl methyl sites for hydroxylation is 1. The molecule has 1 atom stereocenters. The number of rotatable bonds is 8. The van der Waals surface area contributed by atoms with Gasteiger partial charge < -0.3 is 5.73 Å². The molecule has 4 aromatic rings. The predicted molar refractivity (Wildman–Crippen MR) is 115 cm³/mol. The Balaban J connectivity index is 1.59. The third-order valence-corrected chi connectivity index (χ3v) is 5.12. The van der Waals surface area contributed by atoms with Gasteiger partial charge in [0.25, 0.3) is 0 Å². The van der Waals surface area contributed by atoms with Crippen LogP contribution in [0.3, 0.4) is 0 Å². The molecule has 2 aromatic carbocycles. The van der Waals surface area contributed by atoms with Crippen molar-refractivity contribution in [2.45, 2.75) is 45.7 Å². The van der Waals surface area contributed by atoms with E-state index in [1.54, 1.807) is 0 Å². The first-order valence-corrected chi connectivity index (χ1v) is 10.3. The second kappa shape index (κ2) is 8.96. The summed E-state index contributed by atoms with van der Waals surface area (Å²) in [4.78, 5) is 4.68. The SMILES string of the molecule is CCCc1nc(C(N)CC)nn1Cc1ccc(-c2ccccc2-c2nn[nH]n2)cc1. The van der Waals surface area contributed by atoms with Crippen molar-refractivity contribution >= 4 is 0 Å². The minimum absolute atomic E-state index is 0.120. The summed E-state index contributed by atoms with van der Waals surface area (Å²) in [5.41, 5.74) is 10.4. The van der Waals surface area contributed by atoms with Gasteiger partial charge in [0.05, 0.1) is 12.6 Å². The van der Waals surface area contributed by atoms with Crippen molar-refractivity contribution in [3.8, 4) is 22.5 Å². The molecule has 30 heavy (non-hydrogen) atoms. The number of H-pyrrole nitrogens is 1. The van der Waals surface area contributed by atoms with Gasteiger partial charge in [-0.1, -0.05) is 62.4 Å². The summed E-state index contributed by atoms with van der Waals surface area (Å²) in [6.45, 7) is 4.87. The number of hydrogen-bond donors (Lipinski definition) is 2. The van der Waals surface area contributed by atoms with Crippen LogP contribution in [0.2, 0.25) is 0 Å². The molecule has 4 rings (SSSR count). The van der Waals surface area contributed by atoms with Gasteiger partial charge >= 0.3 is 0 Å². The molecular formula is C22H26N8. The van der Waals surface area contributed by atoms with Crippen LogP contribution in [0.4, 0.5) is 0 Å². The standard InChI is InChI=1S/C22H26N8/c1-3-7-20-24-22(19(23)4-2)27-30(20)14-15-10-12-16(13-11-15)17-8-5-6-9-18(17)21-25-28-29-26-21/h5-6,8-13,19H,3-4,7,14,23H2,1-2H3,(H,25,26,28,29). The third-order valence-electron chi connectivity index (χ3n) is 5.12. The van der Waals surface area contributed by atoms with Crippen LogP contribution >= 0.6 is 0 Å². The summed E-state index contributed by atoms with van der Waals surface area (Å²) in [5.74, 6) is 2.30. The summed E-state index contributed by atoms with van der Waals surface area (Å²) in [5, 5.41) is 19.1. The Hall–Kier alpha value is -3.39. The van der Waals surface area contributed by atoms with Crippen molar-refractivity contribution in [2.75, 3.05) is 0 Å². The second-order valence-corrected chi connectivity index (χ2v) is 7.29. The fraction of sp³-hybridized carbons (Fsp3) is 0.318. The largest absolute Gasteiger partial charge is 0.321 e. The molecule has 0 fully saturated rings. The summed E-state index contributed by atoms with van der Waals surface area (Å²) in [7, 11) is 0. The van der Waals surface area contributed by atoms with E-state index in [2.05, 4.69) is 74.9 Å². The molecule has 0 aliphatic carbocycles. The van der Waals surface area contributed by atoms with E-state index in [0.717, 1.165) is 53.2 Å². The molecule has 0 saturated heterocycles. The van der Waals surface area contributed by atoms with Crippen molar-refractivity contribution < 1.29 is 0 Å². The zero-order valence-electron chi connectivity index (χ0n) is 17.3. The van der Waals surface area contributed by atoms with Crippen LogP contribution < -0.4 is 5.73 Å². The van der Waals surface area contributed by atoms with Gasteiger partial charge in [-0.05, 0) is 34.7 Å². The molecule has 0 bridgehead atoms. The second-order valence-electron chi connectivity index (χ2n) is 7.29. The molecule has 3 N–H and O–H groups in total. The first kappa shape index (κ1) is 19.9. The van der Waals surface area contributed by atoms with Crippen LogP contribution in [0, 0.1) is 0 Å². The summed E-state index contributed by atoms with van der Waals surface area (Å²) in [6.07, 6.45) is 2.73. The smallest absolute Gasteiger partial charge is 0.205 e. The van der Waals surface area contributed by atoms with Crippen LogP contribution in [0.1, 0.15) is 49.9 Å². The molecular weight excluding hydrogens is 376 g/mol. The lowest BCUT2D eigenvalue weighted by atomic mass is 9.98. The highest BCUT2D eigenvalue weighted by Gasteiger charge is 2.15. The number of nitrogens with two attached hydrogens (primary N) is 1.